The molecule has 3 N–H and O–H groups in total. The molecule has 0 saturated carbocycles. The Hall–Kier alpha value is -1.73. The summed E-state index contributed by atoms with van der Waals surface area (Å²) in [6.45, 7) is 0. The van der Waals surface area contributed by atoms with Gasteiger partial charge in [-0.25, -0.2) is 5.10 Å². The van der Waals surface area contributed by atoms with Gasteiger partial charge >= 0.3 is 0 Å². The number of nitrogens with two attached hydrogens (primary N) is 1. The molecule has 0 spiro atoms. The molecule has 0 radical (unpaired) electrons. The second-order valence-corrected chi connectivity index (χ2v) is 4.17. The van der Waals surface area contributed by atoms with Crippen molar-refractivity contribution >= 4 is 29.8 Å². The van der Waals surface area contributed by atoms with E-state index in [1.807, 2.05) is 0 Å². The number of hydrogen-bond donors (Lipinski definition) is 2. The van der Waals surface area contributed by atoms with Crippen molar-refractivity contribution in [3.05, 3.63) is 21.9 Å². The number of ether oxygens (including phenoxy) is 2. The summed E-state index contributed by atoms with van der Waals surface area (Å²) in [6, 6.07) is 3.31. The lowest BCUT2D eigenvalue weighted by Crippen LogP contribution is -2.03. The molecule has 1 aromatic carbocycles. The van der Waals surface area contributed by atoms with Crippen LogP contribution in [0.4, 0.5) is 5.95 Å². The highest BCUT2D eigenvalue weighted by Gasteiger charge is 2.14. The van der Waals surface area contributed by atoms with E-state index in [0.29, 0.717) is 27.0 Å². The summed E-state index contributed by atoms with van der Waals surface area (Å²) in [5, 5.41) is 6.88. The van der Waals surface area contributed by atoms with Crippen molar-refractivity contribution in [3.63, 3.8) is 0 Å². The quantitative estimate of drug-likeness (QED) is 0.846. The van der Waals surface area contributed by atoms with Crippen molar-refractivity contribution in [1.29, 1.82) is 0 Å². The smallest absolute Gasteiger partial charge is 0.225 e. The largest absolute Gasteiger partial charge is 0.495 e. The highest BCUT2D eigenvalue weighted by Crippen LogP contribution is 2.35. The van der Waals surface area contributed by atoms with Crippen LogP contribution < -0.4 is 15.2 Å². The van der Waals surface area contributed by atoms with Gasteiger partial charge in [0.05, 0.1) is 24.9 Å². The van der Waals surface area contributed by atoms with E-state index in [1.165, 1.54) is 18.8 Å². The van der Waals surface area contributed by atoms with Crippen LogP contribution in [0, 0.1) is 4.77 Å². The van der Waals surface area contributed by atoms with Crippen molar-refractivity contribution in [2.24, 2.45) is 0 Å². The molecule has 0 bridgehead atoms. The third-order valence-corrected chi connectivity index (χ3v) is 2.96. The molecule has 8 heteroatoms. The average Bonchev–Trinajstić information content (AvgIpc) is 2.69. The second kappa shape index (κ2) is 4.87. The van der Waals surface area contributed by atoms with E-state index >= 15 is 0 Å². The molecule has 2 rings (SSSR count). The zero-order valence-electron chi connectivity index (χ0n) is 9.73. The molecular weight excluding hydrogens is 276 g/mol. The number of anilines is 1. The highest BCUT2D eigenvalue weighted by molar-refractivity contribution is 7.71. The van der Waals surface area contributed by atoms with Crippen molar-refractivity contribution in [3.8, 4) is 17.2 Å². The summed E-state index contributed by atoms with van der Waals surface area (Å²) >= 11 is 11.1. The number of nitrogens with zero attached hydrogens (tertiary/aromatic N) is 2. The first-order chi connectivity index (χ1) is 8.58. The van der Waals surface area contributed by atoms with Crippen molar-refractivity contribution in [2.75, 3.05) is 20.0 Å². The molecule has 0 aliphatic carbocycles. The van der Waals surface area contributed by atoms with E-state index in [-0.39, 0.29) is 5.95 Å². The van der Waals surface area contributed by atoms with E-state index in [0.717, 1.165) is 0 Å². The predicted octanol–water partition coefficient (Wildman–Crippen LogP) is 2.18. The van der Waals surface area contributed by atoms with Gasteiger partial charge in [-0.3, -0.25) is 4.57 Å². The molecule has 1 aromatic heterocycles. The van der Waals surface area contributed by atoms with E-state index < -0.39 is 0 Å². The van der Waals surface area contributed by atoms with Crippen molar-refractivity contribution in [2.45, 2.75) is 0 Å². The molecule has 18 heavy (non-hydrogen) atoms. The Morgan fingerprint density at radius 3 is 2.50 bits per heavy atom. The first-order valence-electron chi connectivity index (χ1n) is 4.93. The normalized spacial score (nSPS) is 10.4. The maximum atomic E-state index is 6.03. The van der Waals surface area contributed by atoms with Gasteiger partial charge in [0.1, 0.15) is 11.5 Å². The number of rotatable bonds is 3. The number of methoxy groups -OCH3 is 2. The zero-order valence-corrected chi connectivity index (χ0v) is 11.3. The average molecular weight is 287 g/mol. The SMILES string of the molecule is COc1cc(-n2c(N)n[nH]c2=S)c(OC)cc1Cl. The van der Waals surface area contributed by atoms with Gasteiger partial charge in [0.15, 0.2) is 0 Å². The van der Waals surface area contributed by atoms with Gasteiger partial charge in [-0.1, -0.05) is 11.6 Å². The molecule has 0 aliphatic heterocycles. The summed E-state index contributed by atoms with van der Waals surface area (Å²) in [6.07, 6.45) is 0. The summed E-state index contributed by atoms with van der Waals surface area (Å²) in [7, 11) is 3.05. The third kappa shape index (κ3) is 2.02. The Kier molecular flexibility index (Phi) is 3.44. The third-order valence-electron chi connectivity index (χ3n) is 2.39. The number of aromatic amines is 1. The van der Waals surface area contributed by atoms with Crippen LogP contribution in [-0.4, -0.2) is 29.0 Å². The fourth-order valence-corrected chi connectivity index (χ4v) is 2.03. The van der Waals surface area contributed by atoms with Gasteiger partial charge < -0.3 is 15.2 Å². The minimum atomic E-state index is 0.225. The number of H-pyrrole nitrogens is 1. The van der Waals surface area contributed by atoms with Gasteiger partial charge in [-0.05, 0) is 12.2 Å². The standard InChI is InChI=1S/C10H11ClN4O2S/c1-16-7-4-6(8(17-2)3-5(7)11)15-9(12)13-14-10(15)18/h3-4H,1-2H3,(H2,12,13)(H,14,18). The fraction of sp³-hybridized carbons (Fsp3) is 0.200. The predicted molar refractivity (Wildman–Crippen MR) is 71.3 cm³/mol. The minimum absolute atomic E-state index is 0.225. The van der Waals surface area contributed by atoms with Crippen LogP contribution in [0.15, 0.2) is 12.1 Å². The van der Waals surface area contributed by atoms with Gasteiger partial charge in [0, 0.05) is 12.1 Å². The maximum Gasteiger partial charge on any atom is 0.225 e. The molecular formula is C10H11ClN4O2S. The number of nitrogen functional groups attached to an aromatic ring is 1. The van der Waals surface area contributed by atoms with E-state index in [4.69, 9.17) is 39.0 Å². The van der Waals surface area contributed by atoms with E-state index in [9.17, 15) is 0 Å². The minimum Gasteiger partial charge on any atom is -0.495 e. The molecule has 96 valence electrons. The Balaban J connectivity index is 2.73. The molecule has 6 nitrogen and oxygen atoms in total. The molecule has 0 aliphatic rings. The number of hydrogen-bond acceptors (Lipinski definition) is 5. The molecule has 0 amide bonds. The first-order valence-corrected chi connectivity index (χ1v) is 5.72. The van der Waals surface area contributed by atoms with Crippen LogP contribution >= 0.6 is 23.8 Å². The number of benzene rings is 1. The summed E-state index contributed by atoms with van der Waals surface area (Å²) in [4.78, 5) is 0. The van der Waals surface area contributed by atoms with Crippen LogP contribution in [-0.2, 0) is 0 Å². The summed E-state index contributed by atoms with van der Waals surface area (Å²) < 4.78 is 12.3. The Morgan fingerprint density at radius 2 is 2.00 bits per heavy atom. The van der Waals surface area contributed by atoms with Crippen molar-refractivity contribution in [1.82, 2.24) is 14.8 Å². The van der Waals surface area contributed by atoms with Crippen molar-refractivity contribution < 1.29 is 9.47 Å². The van der Waals surface area contributed by atoms with E-state index in [2.05, 4.69) is 10.2 Å². The topological polar surface area (TPSA) is 78.1 Å². The lowest BCUT2D eigenvalue weighted by atomic mass is 10.2. The Morgan fingerprint density at radius 1 is 1.33 bits per heavy atom. The Bertz CT molecular complexity index is 637. The maximum absolute atomic E-state index is 6.03. The lowest BCUT2D eigenvalue weighted by Gasteiger charge is -2.12. The van der Waals surface area contributed by atoms with Crippen LogP contribution in [0.1, 0.15) is 0 Å². The number of halogens is 1. The lowest BCUT2D eigenvalue weighted by molar-refractivity contribution is 0.402. The number of aromatic nitrogens is 3. The van der Waals surface area contributed by atoms with Gasteiger partial charge in [0.25, 0.3) is 0 Å². The summed E-state index contributed by atoms with van der Waals surface area (Å²) in [5.41, 5.74) is 6.36. The molecule has 0 unspecified atom stereocenters. The zero-order chi connectivity index (χ0) is 13.3. The van der Waals surface area contributed by atoms with Gasteiger partial charge in [-0.2, -0.15) is 0 Å². The summed E-state index contributed by atoms with van der Waals surface area (Å²) in [5.74, 6) is 1.24. The van der Waals surface area contributed by atoms with Crippen LogP contribution in [0.5, 0.6) is 11.5 Å². The van der Waals surface area contributed by atoms with E-state index in [1.54, 1.807) is 12.1 Å². The van der Waals surface area contributed by atoms with Crippen LogP contribution in [0.2, 0.25) is 5.02 Å². The molecule has 2 aromatic rings. The molecule has 0 atom stereocenters. The highest BCUT2D eigenvalue weighted by atomic mass is 35.5. The molecule has 1 heterocycles. The second-order valence-electron chi connectivity index (χ2n) is 3.38. The number of nitrogens with one attached hydrogen (secondary N) is 1. The monoisotopic (exact) mass is 286 g/mol. The Labute approximate surface area is 113 Å². The van der Waals surface area contributed by atoms with Crippen LogP contribution in [0.25, 0.3) is 5.69 Å². The van der Waals surface area contributed by atoms with Crippen LogP contribution in [0.3, 0.4) is 0 Å². The molecule has 0 saturated heterocycles. The fourth-order valence-electron chi connectivity index (χ4n) is 1.56. The van der Waals surface area contributed by atoms with Gasteiger partial charge in [0.2, 0.25) is 10.7 Å². The molecule has 0 fully saturated rings. The first kappa shape index (κ1) is 12.7. The van der Waals surface area contributed by atoms with Gasteiger partial charge in [-0.15, -0.1) is 5.10 Å².